The third kappa shape index (κ3) is 5.71. The van der Waals surface area contributed by atoms with Crippen LogP contribution in [0, 0.1) is 12.8 Å². The number of anilines is 1. The molecule has 9 nitrogen and oxygen atoms in total. The molecule has 2 aliphatic rings. The van der Waals surface area contributed by atoms with Gasteiger partial charge < -0.3 is 19.9 Å². The number of carbonyl (C=O) groups excluding carboxylic acids is 2. The second kappa shape index (κ2) is 11.0. The Hall–Kier alpha value is -2.95. The Bertz CT molecular complexity index is 1210. The van der Waals surface area contributed by atoms with Gasteiger partial charge in [-0.1, -0.05) is 0 Å². The highest BCUT2D eigenvalue weighted by Gasteiger charge is 2.33. The molecule has 0 aliphatic carbocycles. The van der Waals surface area contributed by atoms with Crippen molar-refractivity contribution in [1.82, 2.24) is 14.1 Å². The molecule has 2 amide bonds. The van der Waals surface area contributed by atoms with E-state index in [0.717, 1.165) is 18.7 Å². The van der Waals surface area contributed by atoms with Crippen molar-refractivity contribution in [3.05, 3.63) is 53.6 Å². The molecule has 194 valence electrons. The van der Waals surface area contributed by atoms with E-state index in [1.165, 1.54) is 10.4 Å². The van der Waals surface area contributed by atoms with Gasteiger partial charge in [-0.05, 0) is 74.8 Å². The van der Waals surface area contributed by atoms with Crippen LogP contribution < -0.4 is 10.1 Å². The van der Waals surface area contributed by atoms with E-state index in [9.17, 15) is 18.0 Å². The van der Waals surface area contributed by atoms with Crippen LogP contribution in [-0.2, 0) is 14.8 Å². The lowest BCUT2D eigenvalue weighted by Gasteiger charge is -2.32. The number of hydrogen-bond donors (Lipinski definition) is 1. The summed E-state index contributed by atoms with van der Waals surface area (Å²) in [5.41, 5.74) is 1.90. The second-order valence-corrected chi connectivity index (χ2v) is 11.4. The van der Waals surface area contributed by atoms with Crippen LogP contribution in [0.25, 0.3) is 0 Å². The quantitative estimate of drug-likeness (QED) is 0.636. The topological polar surface area (TPSA) is 99.3 Å². The zero-order valence-electron chi connectivity index (χ0n) is 21.1. The summed E-state index contributed by atoms with van der Waals surface area (Å²) in [6, 6.07) is 11.7. The van der Waals surface area contributed by atoms with E-state index in [1.54, 1.807) is 50.4 Å². The molecule has 1 unspecified atom stereocenters. The average Bonchev–Trinajstić information content (AvgIpc) is 2.89. The SMILES string of the molecule is COc1ccc(S(=O)(=O)N2CCCC(C(=O)Nc3ccc(C(=O)N4CCN(C)CC4)cc3)C2)cc1C. The summed E-state index contributed by atoms with van der Waals surface area (Å²) in [4.78, 5) is 30.0. The summed E-state index contributed by atoms with van der Waals surface area (Å²) in [6.07, 6.45) is 1.21. The molecule has 1 N–H and O–H groups in total. The summed E-state index contributed by atoms with van der Waals surface area (Å²) in [5.74, 6) is -0.0672. The van der Waals surface area contributed by atoms with Crippen LogP contribution in [0.3, 0.4) is 0 Å². The number of methoxy groups -OCH3 is 1. The molecule has 0 aromatic heterocycles. The Kier molecular flexibility index (Phi) is 7.97. The molecule has 2 aliphatic heterocycles. The van der Waals surface area contributed by atoms with Crippen LogP contribution in [0.4, 0.5) is 5.69 Å². The van der Waals surface area contributed by atoms with E-state index in [1.807, 2.05) is 11.9 Å². The minimum atomic E-state index is -3.73. The lowest BCUT2D eigenvalue weighted by Crippen LogP contribution is -2.47. The van der Waals surface area contributed by atoms with Crippen LogP contribution in [-0.4, -0.2) is 87.8 Å². The average molecular weight is 515 g/mol. The van der Waals surface area contributed by atoms with Gasteiger partial charge in [0.05, 0.1) is 17.9 Å². The zero-order valence-corrected chi connectivity index (χ0v) is 21.9. The van der Waals surface area contributed by atoms with Gasteiger partial charge in [-0.3, -0.25) is 9.59 Å². The van der Waals surface area contributed by atoms with Crippen LogP contribution in [0.15, 0.2) is 47.4 Å². The molecular weight excluding hydrogens is 480 g/mol. The van der Waals surface area contributed by atoms with Crippen molar-refractivity contribution in [3.63, 3.8) is 0 Å². The molecule has 2 saturated heterocycles. The lowest BCUT2D eigenvalue weighted by atomic mass is 9.98. The maximum absolute atomic E-state index is 13.2. The van der Waals surface area contributed by atoms with Crippen molar-refractivity contribution >= 4 is 27.5 Å². The van der Waals surface area contributed by atoms with E-state index in [0.29, 0.717) is 49.5 Å². The van der Waals surface area contributed by atoms with Gasteiger partial charge in [-0.25, -0.2) is 8.42 Å². The molecule has 0 radical (unpaired) electrons. The Labute approximate surface area is 213 Å². The second-order valence-electron chi connectivity index (χ2n) is 9.50. The number of aryl methyl sites for hydroxylation is 1. The smallest absolute Gasteiger partial charge is 0.253 e. The van der Waals surface area contributed by atoms with Gasteiger partial charge in [0.2, 0.25) is 15.9 Å². The molecule has 2 aromatic rings. The maximum Gasteiger partial charge on any atom is 0.253 e. The standard InChI is InChI=1S/C26H34N4O5S/c1-19-17-23(10-11-24(19)35-3)36(33,34)30-12-4-5-21(18-30)25(31)27-22-8-6-20(7-9-22)26(32)29-15-13-28(2)14-16-29/h6-11,17,21H,4-5,12-16,18H2,1-3H3,(H,27,31). The molecule has 2 fully saturated rings. The number of ether oxygens (including phenoxy) is 1. The van der Waals surface area contributed by atoms with Gasteiger partial charge in [0, 0.05) is 50.5 Å². The number of sulfonamides is 1. The number of piperazine rings is 1. The minimum Gasteiger partial charge on any atom is -0.496 e. The molecular formula is C26H34N4O5S. The predicted octanol–water partition coefficient (Wildman–Crippen LogP) is 2.43. The van der Waals surface area contributed by atoms with Crippen LogP contribution >= 0.6 is 0 Å². The first-order valence-electron chi connectivity index (χ1n) is 12.2. The molecule has 2 aromatic carbocycles. The highest BCUT2D eigenvalue weighted by Crippen LogP contribution is 2.28. The van der Waals surface area contributed by atoms with Gasteiger partial charge >= 0.3 is 0 Å². The fourth-order valence-electron chi connectivity index (χ4n) is 4.67. The number of nitrogens with one attached hydrogen (secondary N) is 1. The van der Waals surface area contributed by atoms with E-state index in [2.05, 4.69) is 10.2 Å². The monoisotopic (exact) mass is 514 g/mol. The van der Waals surface area contributed by atoms with Crippen molar-refractivity contribution in [2.24, 2.45) is 5.92 Å². The van der Waals surface area contributed by atoms with Crippen molar-refractivity contribution < 1.29 is 22.7 Å². The maximum atomic E-state index is 13.2. The molecule has 0 saturated carbocycles. The summed E-state index contributed by atoms with van der Waals surface area (Å²) >= 11 is 0. The lowest BCUT2D eigenvalue weighted by molar-refractivity contribution is -0.120. The molecule has 10 heteroatoms. The molecule has 2 heterocycles. The van der Waals surface area contributed by atoms with E-state index >= 15 is 0 Å². The largest absolute Gasteiger partial charge is 0.496 e. The summed E-state index contributed by atoms with van der Waals surface area (Å²) in [7, 11) is -0.139. The van der Waals surface area contributed by atoms with Gasteiger partial charge in [0.25, 0.3) is 5.91 Å². The van der Waals surface area contributed by atoms with Gasteiger partial charge in [0.15, 0.2) is 0 Å². The zero-order chi connectivity index (χ0) is 25.9. The molecule has 4 rings (SSSR count). The van der Waals surface area contributed by atoms with Crippen LogP contribution in [0.2, 0.25) is 0 Å². The number of benzene rings is 2. The third-order valence-electron chi connectivity index (χ3n) is 6.95. The summed E-state index contributed by atoms with van der Waals surface area (Å²) in [6.45, 7) is 5.40. The first-order valence-corrected chi connectivity index (χ1v) is 13.7. The van der Waals surface area contributed by atoms with E-state index < -0.39 is 15.9 Å². The number of piperidine rings is 1. The Morgan fingerprint density at radius 3 is 2.33 bits per heavy atom. The van der Waals surface area contributed by atoms with Crippen LogP contribution in [0.5, 0.6) is 5.75 Å². The number of carbonyl (C=O) groups is 2. The van der Waals surface area contributed by atoms with Gasteiger partial charge in [0.1, 0.15) is 5.75 Å². The van der Waals surface area contributed by atoms with E-state index in [-0.39, 0.29) is 23.3 Å². The first kappa shape index (κ1) is 26.1. The number of rotatable bonds is 6. The fourth-order valence-corrected chi connectivity index (χ4v) is 6.28. The molecule has 0 spiro atoms. The van der Waals surface area contributed by atoms with Gasteiger partial charge in [-0.2, -0.15) is 4.31 Å². The van der Waals surface area contributed by atoms with Crippen molar-refractivity contribution in [2.45, 2.75) is 24.7 Å². The van der Waals surface area contributed by atoms with Gasteiger partial charge in [-0.15, -0.1) is 0 Å². The third-order valence-corrected chi connectivity index (χ3v) is 8.81. The van der Waals surface area contributed by atoms with Crippen molar-refractivity contribution in [2.75, 3.05) is 58.7 Å². The first-order chi connectivity index (χ1) is 17.2. The Morgan fingerprint density at radius 1 is 1.00 bits per heavy atom. The number of hydrogen-bond acceptors (Lipinski definition) is 6. The summed E-state index contributed by atoms with van der Waals surface area (Å²) < 4.78 is 33.1. The van der Waals surface area contributed by atoms with Crippen molar-refractivity contribution in [3.8, 4) is 5.75 Å². The molecule has 1 atom stereocenters. The highest BCUT2D eigenvalue weighted by atomic mass is 32.2. The summed E-state index contributed by atoms with van der Waals surface area (Å²) in [5, 5.41) is 2.89. The van der Waals surface area contributed by atoms with Crippen LogP contribution in [0.1, 0.15) is 28.8 Å². The number of likely N-dealkylation sites (N-methyl/N-ethyl adjacent to an activating group) is 1. The fraction of sp³-hybridized carbons (Fsp3) is 0.462. The number of amides is 2. The highest BCUT2D eigenvalue weighted by molar-refractivity contribution is 7.89. The predicted molar refractivity (Wildman–Crippen MR) is 138 cm³/mol. The molecule has 0 bridgehead atoms. The minimum absolute atomic E-state index is 0.0112. The van der Waals surface area contributed by atoms with E-state index in [4.69, 9.17) is 4.74 Å². The normalized spacial score (nSPS) is 19.6. The number of nitrogens with zero attached hydrogens (tertiary/aromatic N) is 3. The van der Waals surface area contributed by atoms with Crippen molar-refractivity contribution in [1.29, 1.82) is 0 Å². The Morgan fingerprint density at radius 2 is 1.69 bits per heavy atom. The molecule has 36 heavy (non-hydrogen) atoms. The Balaban J connectivity index is 1.38.